The molecule has 3 N–H and O–H groups in total. The van der Waals surface area contributed by atoms with Crippen molar-refractivity contribution < 1.29 is 22.7 Å². The first-order valence-corrected chi connectivity index (χ1v) is 4.50. The predicted octanol–water partition coefficient (Wildman–Crippen LogP) is 2.06. The standard InChI is InChI=1S/C10H11F4NO/c1-5-4-6(2-3-7(5)11)8(15)9(16)10(12,13)14/h2-4,8-9,16H,15H2,1H3/t8-,9-/m0/s1. The summed E-state index contributed by atoms with van der Waals surface area (Å²) in [4.78, 5) is 0. The Kier molecular flexibility index (Phi) is 3.54. The maximum Gasteiger partial charge on any atom is 0.416 e. The summed E-state index contributed by atoms with van der Waals surface area (Å²) in [5, 5.41) is 8.92. The molecule has 0 aliphatic rings. The molecule has 0 saturated carbocycles. The van der Waals surface area contributed by atoms with Crippen LogP contribution in [0.25, 0.3) is 0 Å². The number of rotatable bonds is 2. The molecule has 0 fully saturated rings. The van der Waals surface area contributed by atoms with Crippen molar-refractivity contribution in [1.29, 1.82) is 0 Å². The molecule has 0 aliphatic heterocycles. The molecular weight excluding hydrogens is 226 g/mol. The van der Waals surface area contributed by atoms with E-state index < -0.39 is 24.1 Å². The van der Waals surface area contributed by atoms with E-state index in [1.807, 2.05) is 0 Å². The Hall–Kier alpha value is -1.14. The lowest BCUT2D eigenvalue weighted by Crippen LogP contribution is -2.38. The first-order valence-electron chi connectivity index (χ1n) is 4.50. The third kappa shape index (κ3) is 2.70. The van der Waals surface area contributed by atoms with E-state index in [0.717, 1.165) is 12.1 Å². The van der Waals surface area contributed by atoms with E-state index in [1.54, 1.807) is 0 Å². The smallest absolute Gasteiger partial charge is 0.382 e. The molecule has 0 radical (unpaired) electrons. The van der Waals surface area contributed by atoms with E-state index in [0.29, 0.717) is 0 Å². The summed E-state index contributed by atoms with van der Waals surface area (Å²) < 4.78 is 49.4. The average molecular weight is 237 g/mol. The lowest BCUT2D eigenvalue weighted by atomic mass is 10.00. The number of halogens is 4. The van der Waals surface area contributed by atoms with E-state index in [9.17, 15) is 17.6 Å². The van der Waals surface area contributed by atoms with Crippen LogP contribution in [0.5, 0.6) is 0 Å². The van der Waals surface area contributed by atoms with Crippen LogP contribution in [-0.2, 0) is 0 Å². The Labute approximate surface area is 89.7 Å². The highest BCUT2D eigenvalue weighted by Crippen LogP contribution is 2.29. The van der Waals surface area contributed by atoms with Gasteiger partial charge in [0, 0.05) is 0 Å². The summed E-state index contributed by atoms with van der Waals surface area (Å²) in [6, 6.07) is 1.73. The van der Waals surface area contributed by atoms with Gasteiger partial charge >= 0.3 is 6.18 Å². The van der Waals surface area contributed by atoms with Gasteiger partial charge in [-0.15, -0.1) is 0 Å². The number of benzene rings is 1. The van der Waals surface area contributed by atoms with E-state index in [2.05, 4.69) is 0 Å². The summed E-state index contributed by atoms with van der Waals surface area (Å²) >= 11 is 0. The summed E-state index contributed by atoms with van der Waals surface area (Å²) in [6.45, 7) is 1.41. The summed E-state index contributed by atoms with van der Waals surface area (Å²) in [5.74, 6) is -0.530. The van der Waals surface area contributed by atoms with Crippen LogP contribution in [0.1, 0.15) is 17.2 Å². The van der Waals surface area contributed by atoms with Crippen molar-refractivity contribution in [2.24, 2.45) is 5.73 Å². The molecule has 0 unspecified atom stereocenters. The first-order chi connectivity index (χ1) is 7.23. The quantitative estimate of drug-likeness (QED) is 0.773. The summed E-state index contributed by atoms with van der Waals surface area (Å²) in [5.41, 5.74) is 5.48. The molecule has 0 amide bonds. The average Bonchev–Trinajstić information content (AvgIpc) is 2.18. The van der Waals surface area contributed by atoms with Gasteiger partial charge in [-0.3, -0.25) is 0 Å². The minimum Gasteiger partial charge on any atom is -0.382 e. The predicted molar refractivity (Wildman–Crippen MR) is 50.1 cm³/mol. The van der Waals surface area contributed by atoms with Crippen LogP contribution in [0.4, 0.5) is 17.6 Å². The number of nitrogens with two attached hydrogens (primary N) is 1. The molecule has 0 saturated heterocycles. The molecule has 0 spiro atoms. The van der Waals surface area contributed by atoms with E-state index in [-0.39, 0.29) is 11.1 Å². The van der Waals surface area contributed by atoms with Gasteiger partial charge in [0.2, 0.25) is 0 Å². The molecular formula is C10H11F4NO. The summed E-state index contributed by atoms with van der Waals surface area (Å²) in [6.07, 6.45) is -7.45. The van der Waals surface area contributed by atoms with Gasteiger partial charge in [-0.05, 0) is 24.1 Å². The topological polar surface area (TPSA) is 46.2 Å². The zero-order valence-electron chi connectivity index (χ0n) is 8.42. The molecule has 0 bridgehead atoms. The number of hydrogen-bond acceptors (Lipinski definition) is 2. The normalized spacial score (nSPS) is 15.9. The Bertz CT molecular complexity index is 378. The monoisotopic (exact) mass is 237 g/mol. The van der Waals surface area contributed by atoms with Gasteiger partial charge in [0.15, 0.2) is 6.10 Å². The highest BCUT2D eigenvalue weighted by Gasteiger charge is 2.42. The minimum atomic E-state index is -4.79. The van der Waals surface area contributed by atoms with Gasteiger partial charge in [-0.1, -0.05) is 12.1 Å². The fourth-order valence-electron chi connectivity index (χ4n) is 1.26. The molecule has 1 aromatic carbocycles. The molecule has 2 nitrogen and oxygen atoms in total. The van der Waals surface area contributed by atoms with Crippen molar-refractivity contribution >= 4 is 0 Å². The zero-order valence-corrected chi connectivity index (χ0v) is 8.42. The van der Waals surface area contributed by atoms with E-state index in [1.165, 1.54) is 13.0 Å². The van der Waals surface area contributed by atoms with Gasteiger partial charge < -0.3 is 10.8 Å². The highest BCUT2D eigenvalue weighted by atomic mass is 19.4. The van der Waals surface area contributed by atoms with Crippen LogP contribution in [0.15, 0.2) is 18.2 Å². The largest absolute Gasteiger partial charge is 0.416 e. The van der Waals surface area contributed by atoms with Crippen LogP contribution in [0.3, 0.4) is 0 Å². The SMILES string of the molecule is Cc1cc([C@H](N)[C@H](O)C(F)(F)F)ccc1F. The zero-order chi connectivity index (χ0) is 12.5. The Morgan fingerprint density at radius 2 is 1.88 bits per heavy atom. The fourth-order valence-corrected chi connectivity index (χ4v) is 1.26. The number of aliphatic hydroxyl groups is 1. The van der Waals surface area contributed by atoms with Gasteiger partial charge in [-0.25, -0.2) is 4.39 Å². The molecule has 1 rings (SSSR count). The van der Waals surface area contributed by atoms with Crippen molar-refractivity contribution in [1.82, 2.24) is 0 Å². The van der Waals surface area contributed by atoms with Crippen molar-refractivity contribution in [3.8, 4) is 0 Å². The molecule has 1 aromatic rings. The van der Waals surface area contributed by atoms with Gasteiger partial charge in [0.1, 0.15) is 5.82 Å². The molecule has 2 atom stereocenters. The Balaban J connectivity index is 2.97. The lowest BCUT2D eigenvalue weighted by Gasteiger charge is -2.21. The maximum absolute atomic E-state index is 12.9. The molecule has 0 aromatic heterocycles. The van der Waals surface area contributed by atoms with E-state index in [4.69, 9.17) is 10.8 Å². The van der Waals surface area contributed by atoms with Crippen LogP contribution in [-0.4, -0.2) is 17.4 Å². The molecule has 6 heteroatoms. The second-order valence-electron chi connectivity index (χ2n) is 3.52. The highest BCUT2D eigenvalue weighted by molar-refractivity contribution is 5.27. The summed E-state index contributed by atoms with van der Waals surface area (Å²) in [7, 11) is 0. The van der Waals surface area contributed by atoms with Gasteiger partial charge in [0.05, 0.1) is 6.04 Å². The van der Waals surface area contributed by atoms with Crippen LogP contribution < -0.4 is 5.73 Å². The van der Waals surface area contributed by atoms with E-state index >= 15 is 0 Å². The van der Waals surface area contributed by atoms with Crippen LogP contribution >= 0.6 is 0 Å². The Morgan fingerprint density at radius 3 is 2.31 bits per heavy atom. The molecule has 0 aliphatic carbocycles. The lowest BCUT2D eigenvalue weighted by molar-refractivity contribution is -0.210. The van der Waals surface area contributed by atoms with Crippen LogP contribution in [0.2, 0.25) is 0 Å². The van der Waals surface area contributed by atoms with Crippen LogP contribution in [0, 0.1) is 12.7 Å². The van der Waals surface area contributed by atoms with Crippen molar-refractivity contribution in [3.63, 3.8) is 0 Å². The number of alkyl halides is 3. The molecule has 90 valence electrons. The minimum absolute atomic E-state index is 0.0451. The fraction of sp³-hybridized carbons (Fsp3) is 0.400. The second kappa shape index (κ2) is 4.39. The molecule has 0 heterocycles. The number of hydrogen-bond donors (Lipinski definition) is 2. The van der Waals surface area contributed by atoms with Gasteiger partial charge in [-0.2, -0.15) is 13.2 Å². The number of aliphatic hydroxyl groups excluding tert-OH is 1. The third-order valence-electron chi connectivity index (χ3n) is 2.24. The first kappa shape index (κ1) is 12.9. The second-order valence-corrected chi connectivity index (χ2v) is 3.52. The Morgan fingerprint density at radius 1 is 1.31 bits per heavy atom. The van der Waals surface area contributed by atoms with Crippen molar-refractivity contribution in [3.05, 3.63) is 35.1 Å². The third-order valence-corrected chi connectivity index (χ3v) is 2.24. The van der Waals surface area contributed by atoms with Crippen molar-refractivity contribution in [2.45, 2.75) is 25.2 Å². The van der Waals surface area contributed by atoms with Gasteiger partial charge in [0.25, 0.3) is 0 Å². The van der Waals surface area contributed by atoms with Crippen molar-refractivity contribution in [2.75, 3.05) is 0 Å². The maximum atomic E-state index is 12.9. The molecule has 16 heavy (non-hydrogen) atoms. The number of aryl methyl sites for hydroxylation is 1.